The highest BCUT2D eigenvalue weighted by atomic mass is 32.2. The van der Waals surface area contributed by atoms with Crippen molar-refractivity contribution in [2.75, 3.05) is 19.3 Å². The minimum absolute atomic E-state index is 0.703. The standard InChI is InChI=1S/C16H27NS/c1-13(2)9-10-18-16-7-5-15(6-8-16)11-14(3)12-17-4/h5-8,13-14,17H,9-12H2,1-4H3. The van der Waals surface area contributed by atoms with Crippen LogP contribution in [-0.2, 0) is 6.42 Å². The van der Waals surface area contributed by atoms with Gasteiger partial charge in [0.1, 0.15) is 0 Å². The van der Waals surface area contributed by atoms with Crippen molar-refractivity contribution in [1.29, 1.82) is 0 Å². The van der Waals surface area contributed by atoms with Gasteiger partial charge in [0.2, 0.25) is 0 Å². The Bertz CT molecular complexity index is 318. The van der Waals surface area contributed by atoms with Crippen LogP contribution in [0.25, 0.3) is 0 Å². The number of nitrogens with one attached hydrogen (secondary N) is 1. The van der Waals surface area contributed by atoms with Crippen molar-refractivity contribution in [1.82, 2.24) is 5.32 Å². The second-order valence-corrected chi connectivity index (χ2v) is 6.71. The smallest absolute Gasteiger partial charge is 0.00721 e. The second-order valence-electron chi connectivity index (χ2n) is 5.54. The number of thioether (sulfide) groups is 1. The fourth-order valence-electron chi connectivity index (χ4n) is 1.96. The zero-order valence-electron chi connectivity index (χ0n) is 12.2. The zero-order chi connectivity index (χ0) is 13.4. The molecule has 1 N–H and O–H groups in total. The summed E-state index contributed by atoms with van der Waals surface area (Å²) in [5.74, 6) is 2.74. The number of benzene rings is 1. The SMILES string of the molecule is CNCC(C)Cc1ccc(SCCC(C)C)cc1. The Hall–Kier alpha value is -0.470. The molecule has 0 aliphatic heterocycles. The predicted molar refractivity (Wildman–Crippen MR) is 83.4 cm³/mol. The Kier molecular flexibility index (Phi) is 7.45. The molecular formula is C16H27NS. The number of hydrogen-bond acceptors (Lipinski definition) is 2. The van der Waals surface area contributed by atoms with Crippen LogP contribution in [0.15, 0.2) is 29.2 Å². The van der Waals surface area contributed by atoms with Crippen LogP contribution in [0.2, 0.25) is 0 Å². The van der Waals surface area contributed by atoms with E-state index in [9.17, 15) is 0 Å². The third-order valence-corrected chi connectivity index (χ3v) is 4.07. The summed E-state index contributed by atoms with van der Waals surface area (Å²) in [5.41, 5.74) is 1.45. The third kappa shape index (κ3) is 6.46. The maximum atomic E-state index is 3.23. The molecule has 18 heavy (non-hydrogen) atoms. The first-order valence-corrected chi connectivity index (χ1v) is 7.96. The van der Waals surface area contributed by atoms with E-state index in [1.807, 2.05) is 18.8 Å². The first kappa shape index (κ1) is 15.6. The highest BCUT2D eigenvalue weighted by molar-refractivity contribution is 7.99. The average Bonchev–Trinajstić information content (AvgIpc) is 2.31. The van der Waals surface area contributed by atoms with Gasteiger partial charge in [-0.25, -0.2) is 0 Å². The van der Waals surface area contributed by atoms with Crippen molar-refractivity contribution >= 4 is 11.8 Å². The fourth-order valence-corrected chi connectivity index (χ4v) is 3.11. The van der Waals surface area contributed by atoms with Crippen molar-refractivity contribution < 1.29 is 0 Å². The molecule has 0 aromatic heterocycles. The molecule has 0 saturated heterocycles. The Balaban J connectivity index is 2.37. The van der Waals surface area contributed by atoms with Crippen molar-refractivity contribution in [3.8, 4) is 0 Å². The summed E-state index contributed by atoms with van der Waals surface area (Å²) >= 11 is 1.97. The Morgan fingerprint density at radius 2 is 1.78 bits per heavy atom. The maximum Gasteiger partial charge on any atom is 0.00721 e. The van der Waals surface area contributed by atoms with E-state index in [0.717, 1.165) is 18.9 Å². The molecule has 0 spiro atoms. The molecule has 1 nitrogen and oxygen atoms in total. The quantitative estimate of drug-likeness (QED) is 0.706. The molecule has 0 aliphatic carbocycles. The van der Waals surface area contributed by atoms with E-state index in [4.69, 9.17) is 0 Å². The van der Waals surface area contributed by atoms with Crippen LogP contribution in [0.5, 0.6) is 0 Å². The van der Waals surface area contributed by atoms with Gasteiger partial charge < -0.3 is 5.32 Å². The van der Waals surface area contributed by atoms with E-state index < -0.39 is 0 Å². The largest absolute Gasteiger partial charge is 0.319 e. The van der Waals surface area contributed by atoms with E-state index in [-0.39, 0.29) is 0 Å². The van der Waals surface area contributed by atoms with Gasteiger partial charge in [-0.2, -0.15) is 0 Å². The normalized spacial score (nSPS) is 12.9. The third-order valence-electron chi connectivity index (χ3n) is 3.02. The minimum Gasteiger partial charge on any atom is -0.319 e. The number of rotatable bonds is 8. The van der Waals surface area contributed by atoms with Gasteiger partial charge in [0.05, 0.1) is 0 Å². The molecule has 0 aliphatic rings. The molecule has 1 rings (SSSR count). The summed E-state index contributed by atoms with van der Waals surface area (Å²) in [4.78, 5) is 1.40. The molecular weight excluding hydrogens is 238 g/mol. The van der Waals surface area contributed by atoms with Crippen molar-refractivity contribution in [3.63, 3.8) is 0 Å². The molecule has 0 saturated carbocycles. The van der Waals surface area contributed by atoms with Gasteiger partial charge in [-0.1, -0.05) is 32.9 Å². The lowest BCUT2D eigenvalue weighted by Gasteiger charge is -2.11. The van der Waals surface area contributed by atoms with Gasteiger partial charge in [-0.05, 0) is 61.7 Å². The molecule has 0 radical (unpaired) electrons. The maximum absolute atomic E-state index is 3.23. The molecule has 1 aromatic carbocycles. The zero-order valence-corrected chi connectivity index (χ0v) is 13.0. The Labute approximate surface area is 117 Å². The molecule has 1 atom stereocenters. The summed E-state index contributed by atoms with van der Waals surface area (Å²) < 4.78 is 0. The molecule has 2 heteroatoms. The molecule has 1 aromatic rings. The van der Waals surface area contributed by atoms with Gasteiger partial charge in [0.15, 0.2) is 0 Å². The van der Waals surface area contributed by atoms with E-state index in [2.05, 4.69) is 50.4 Å². The predicted octanol–water partition coefficient (Wildman–Crippen LogP) is 4.22. The highest BCUT2D eigenvalue weighted by Gasteiger charge is 2.03. The molecule has 102 valence electrons. The Morgan fingerprint density at radius 1 is 1.11 bits per heavy atom. The summed E-state index contributed by atoms with van der Waals surface area (Å²) in [6.07, 6.45) is 2.46. The van der Waals surface area contributed by atoms with Gasteiger partial charge in [0.25, 0.3) is 0 Å². The van der Waals surface area contributed by atoms with Crippen LogP contribution in [0.4, 0.5) is 0 Å². The van der Waals surface area contributed by atoms with Crippen LogP contribution in [0, 0.1) is 11.8 Å². The van der Waals surface area contributed by atoms with Gasteiger partial charge in [0, 0.05) is 4.90 Å². The molecule has 0 heterocycles. The first-order valence-electron chi connectivity index (χ1n) is 6.98. The van der Waals surface area contributed by atoms with Crippen molar-refractivity contribution in [2.45, 2.75) is 38.5 Å². The summed E-state index contributed by atoms with van der Waals surface area (Å²) in [6.45, 7) is 7.95. The number of hydrogen-bond donors (Lipinski definition) is 1. The van der Waals surface area contributed by atoms with Gasteiger partial charge >= 0.3 is 0 Å². The first-order chi connectivity index (χ1) is 8.61. The molecule has 0 amide bonds. The van der Waals surface area contributed by atoms with Crippen LogP contribution < -0.4 is 5.32 Å². The van der Waals surface area contributed by atoms with E-state index in [1.54, 1.807) is 0 Å². The second kappa shape index (κ2) is 8.60. The van der Waals surface area contributed by atoms with Crippen molar-refractivity contribution in [3.05, 3.63) is 29.8 Å². The highest BCUT2D eigenvalue weighted by Crippen LogP contribution is 2.21. The van der Waals surface area contributed by atoms with E-state index >= 15 is 0 Å². The van der Waals surface area contributed by atoms with E-state index in [1.165, 1.54) is 22.6 Å². The van der Waals surface area contributed by atoms with Gasteiger partial charge in [-0.15, -0.1) is 11.8 Å². The monoisotopic (exact) mass is 265 g/mol. The fraction of sp³-hybridized carbons (Fsp3) is 0.625. The lowest BCUT2D eigenvalue weighted by atomic mass is 10.0. The summed E-state index contributed by atoms with van der Waals surface area (Å²) in [7, 11) is 2.02. The average molecular weight is 265 g/mol. The van der Waals surface area contributed by atoms with E-state index in [0.29, 0.717) is 5.92 Å². The van der Waals surface area contributed by atoms with Crippen LogP contribution in [0.3, 0.4) is 0 Å². The minimum atomic E-state index is 0.703. The Morgan fingerprint density at radius 3 is 2.33 bits per heavy atom. The molecule has 0 fully saturated rings. The lowest BCUT2D eigenvalue weighted by molar-refractivity contribution is 0.541. The summed E-state index contributed by atoms with van der Waals surface area (Å²) in [5, 5.41) is 3.23. The van der Waals surface area contributed by atoms with Crippen LogP contribution >= 0.6 is 11.8 Å². The van der Waals surface area contributed by atoms with Gasteiger partial charge in [-0.3, -0.25) is 0 Å². The van der Waals surface area contributed by atoms with Crippen LogP contribution in [-0.4, -0.2) is 19.3 Å². The molecule has 0 bridgehead atoms. The summed E-state index contributed by atoms with van der Waals surface area (Å²) in [6, 6.07) is 9.10. The van der Waals surface area contributed by atoms with Crippen LogP contribution in [0.1, 0.15) is 32.8 Å². The van der Waals surface area contributed by atoms with Crippen molar-refractivity contribution in [2.24, 2.45) is 11.8 Å². The topological polar surface area (TPSA) is 12.0 Å². The molecule has 1 unspecified atom stereocenters. The lowest BCUT2D eigenvalue weighted by Crippen LogP contribution is -2.17.